The minimum absolute atomic E-state index is 0.0903. The molecule has 0 aliphatic carbocycles. The van der Waals surface area contributed by atoms with Crippen molar-refractivity contribution in [3.8, 4) is 0 Å². The highest BCUT2D eigenvalue weighted by atomic mass is 16.4. The molecule has 0 heterocycles. The minimum Gasteiger partial charge on any atom is -0.481 e. The summed E-state index contributed by atoms with van der Waals surface area (Å²) in [6, 6.07) is 0. The van der Waals surface area contributed by atoms with Crippen LogP contribution in [0.1, 0.15) is 19.8 Å². The molecule has 0 saturated heterocycles. The van der Waals surface area contributed by atoms with Crippen molar-refractivity contribution >= 4 is 11.8 Å². The summed E-state index contributed by atoms with van der Waals surface area (Å²) in [7, 11) is 0. The van der Waals surface area contributed by atoms with Crippen LogP contribution in [-0.4, -0.2) is 28.1 Å². The zero-order valence-electron chi connectivity index (χ0n) is 5.70. The number of aliphatic carboxylic acids is 1. The van der Waals surface area contributed by atoms with Gasteiger partial charge in [0.1, 0.15) is 6.10 Å². The molecular weight excluding hydrogens is 136 g/mol. The van der Waals surface area contributed by atoms with Crippen LogP contribution in [0.2, 0.25) is 0 Å². The van der Waals surface area contributed by atoms with Gasteiger partial charge < -0.3 is 10.2 Å². The van der Waals surface area contributed by atoms with Gasteiger partial charge in [0.05, 0.1) is 6.42 Å². The van der Waals surface area contributed by atoms with E-state index < -0.39 is 17.9 Å². The summed E-state index contributed by atoms with van der Waals surface area (Å²) in [5.74, 6) is -1.45. The Kier molecular flexibility index (Phi) is 3.64. The molecule has 4 nitrogen and oxygen atoms in total. The number of aliphatic hydroxyl groups excluding tert-OH is 1. The smallest absolute Gasteiger partial charge is 0.303 e. The fraction of sp³-hybridized carbons (Fsp3) is 0.667. The van der Waals surface area contributed by atoms with Crippen molar-refractivity contribution in [2.45, 2.75) is 25.9 Å². The molecule has 0 aliphatic heterocycles. The molecule has 1 unspecified atom stereocenters. The molecule has 4 heteroatoms. The van der Waals surface area contributed by atoms with Crippen molar-refractivity contribution in [2.75, 3.05) is 0 Å². The van der Waals surface area contributed by atoms with Crippen molar-refractivity contribution in [3.63, 3.8) is 0 Å². The Morgan fingerprint density at radius 2 is 1.90 bits per heavy atom. The van der Waals surface area contributed by atoms with Gasteiger partial charge in [-0.25, -0.2) is 0 Å². The first-order valence-corrected chi connectivity index (χ1v) is 2.96. The lowest BCUT2D eigenvalue weighted by molar-refractivity contribution is -0.139. The van der Waals surface area contributed by atoms with Crippen LogP contribution >= 0.6 is 0 Å². The molecule has 0 saturated carbocycles. The van der Waals surface area contributed by atoms with E-state index in [2.05, 4.69) is 0 Å². The normalized spacial score (nSPS) is 12.6. The van der Waals surface area contributed by atoms with Crippen LogP contribution < -0.4 is 0 Å². The van der Waals surface area contributed by atoms with E-state index in [0.29, 0.717) is 0 Å². The Morgan fingerprint density at radius 1 is 1.40 bits per heavy atom. The van der Waals surface area contributed by atoms with E-state index in [1.54, 1.807) is 0 Å². The summed E-state index contributed by atoms with van der Waals surface area (Å²) in [5, 5.41) is 16.7. The van der Waals surface area contributed by atoms with Crippen LogP contribution in [0.5, 0.6) is 0 Å². The highest BCUT2D eigenvalue weighted by Gasteiger charge is 2.09. The Bertz CT molecular complexity index is 139. The van der Waals surface area contributed by atoms with Crippen LogP contribution in [0.25, 0.3) is 0 Å². The van der Waals surface area contributed by atoms with Gasteiger partial charge >= 0.3 is 5.97 Å². The molecule has 1 atom stereocenters. The van der Waals surface area contributed by atoms with Crippen molar-refractivity contribution in [1.82, 2.24) is 0 Å². The number of carbonyl (C=O) groups is 2. The van der Waals surface area contributed by atoms with Gasteiger partial charge in [-0.2, -0.15) is 0 Å². The molecule has 0 amide bonds. The molecule has 0 rings (SSSR count). The Hall–Kier alpha value is -0.900. The second-order valence-electron chi connectivity index (χ2n) is 2.04. The minimum atomic E-state index is -1.04. The largest absolute Gasteiger partial charge is 0.481 e. The van der Waals surface area contributed by atoms with Gasteiger partial charge in [-0.15, -0.1) is 0 Å². The molecule has 2 N–H and O–H groups in total. The number of hydrogen-bond acceptors (Lipinski definition) is 3. The number of carboxylic acids is 1. The highest BCUT2D eigenvalue weighted by molar-refractivity contribution is 5.85. The van der Waals surface area contributed by atoms with E-state index in [1.807, 2.05) is 0 Å². The summed E-state index contributed by atoms with van der Waals surface area (Å²) >= 11 is 0. The van der Waals surface area contributed by atoms with Crippen molar-refractivity contribution in [3.05, 3.63) is 0 Å². The first kappa shape index (κ1) is 9.10. The standard InChI is InChI=1S/C6H10O4/c1-4(7)5(8)2-3-6(9)10/h4,7H,2-3H2,1H3,(H,9,10). The first-order valence-electron chi connectivity index (χ1n) is 2.96. The van der Waals surface area contributed by atoms with E-state index in [-0.39, 0.29) is 12.8 Å². The van der Waals surface area contributed by atoms with Crippen LogP contribution in [0.3, 0.4) is 0 Å². The Labute approximate surface area is 58.5 Å². The van der Waals surface area contributed by atoms with Gasteiger partial charge in [-0.3, -0.25) is 9.59 Å². The number of Topliss-reactive ketones (excluding diaryl/α,β-unsaturated/α-hetero) is 1. The molecule has 58 valence electrons. The average Bonchev–Trinajstić information content (AvgIpc) is 1.82. The summed E-state index contributed by atoms with van der Waals surface area (Å²) in [6.07, 6.45) is -1.34. The molecule has 0 radical (unpaired) electrons. The maximum absolute atomic E-state index is 10.5. The maximum atomic E-state index is 10.5. The second kappa shape index (κ2) is 4.00. The lowest BCUT2D eigenvalue weighted by Crippen LogP contribution is -2.16. The van der Waals surface area contributed by atoms with E-state index >= 15 is 0 Å². The zero-order valence-corrected chi connectivity index (χ0v) is 5.70. The Balaban J connectivity index is 3.50. The fourth-order valence-electron chi connectivity index (χ4n) is 0.439. The number of ketones is 1. The summed E-state index contributed by atoms with van der Waals surface area (Å²) in [5.41, 5.74) is 0. The molecular formula is C6H10O4. The number of hydrogen-bond donors (Lipinski definition) is 2. The summed E-state index contributed by atoms with van der Waals surface area (Å²) in [4.78, 5) is 20.4. The maximum Gasteiger partial charge on any atom is 0.303 e. The second-order valence-corrected chi connectivity index (χ2v) is 2.04. The van der Waals surface area contributed by atoms with E-state index in [1.165, 1.54) is 6.92 Å². The van der Waals surface area contributed by atoms with Crippen LogP contribution in [0.15, 0.2) is 0 Å². The number of carbonyl (C=O) groups excluding carboxylic acids is 1. The van der Waals surface area contributed by atoms with Gasteiger partial charge in [0.15, 0.2) is 5.78 Å². The highest BCUT2D eigenvalue weighted by Crippen LogP contribution is 1.94. The van der Waals surface area contributed by atoms with Gasteiger partial charge in [0.2, 0.25) is 0 Å². The average molecular weight is 146 g/mol. The third kappa shape index (κ3) is 4.03. The molecule has 10 heavy (non-hydrogen) atoms. The van der Waals surface area contributed by atoms with Crippen molar-refractivity contribution in [2.24, 2.45) is 0 Å². The fourth-order valence-corrected chi connectivity index (χ4v) is 0.439. The predicted octanol–water partition coefficient (Wildman–Crippen LogP) is -0.199. The molecule has 0 aromatic carbocycles. The van der Waals surface area contributed by atoms with Crippen molar-refractivity contribution < 1.29 is 19.8 Å². The van der Waals surface area contributed by atoms with Gasteiger partial charge in [0.25, 0.3) is 0 Å². The van der Waals surface area contributed by atoms with Crippen LogP contribution in [-0.2, 0) is 9.59 Å². The number of aliphatic hydroxyl groups is 1. The third-order valence-electron chi connectivity index (χ3n) is 1.05. The topological polar surface area (TPSA) is 74.6 Å². The van der Waals surface area contributed by atoms with E-state index in [0.717, 1.165) is 0 Å². The summed E-state index contributed by atoms with van der Waals surface area (Å²) in [6.45, 7) is 1.32. The number of rotatable bonds is 4. The van der Waals surface area contributed by atoms with Gasteiger partial charge in [-0.1, -0.05) is 0 Å². The van der Waals surface area contributed by atoms with Crippen molar-refractivity contribution in [1.29, 1.82) is 0 Å². The quantitative estimate of drug-likeness (QED) is 0.576. The molecule has 0 aromatic heterocycles. The van der Waals surface area contributed by atoms with E-state index in [4.69, 9.17) is 10.2 Å². The SMILES string of the molecule is CC(O)C(=O)CCC(=O)O. The van der Waals surface area contributed by atoms with E-state index in [9.17, 15) is 9.59 Å². The Morgan fingerprint density at radius 3 is 2.20 bits per heavy atom. The van der Waals surface area contributed by atoms with Crippen LogP contribution in [0, 0.1) is 0 Å². The van der Waals surface area contributed by atoms with Gasteiger partial charge in [-0.05, 0) is 6.92 Å². The monoisotopic (exact) mass is 146 g/mol. The molecule has 0 bridgehead atoms. The summed E-state index contributed by atoms with van der Waals surface area (Å²) < 4.78 is 0. The molecule has 0 spiro atoms. The van der Waals surface area contributed by atoms with Gasteiger partial charge in [0, 0.05) is 6.42 Å². The lowest BCUT2D eigenvalue weighted by atomic mass is 10.1. The zero-order chi connectivity index (χ0) is 8.15. The van der Waals surface area contributed by atoms with Crippen LogP contribution in [0.4, 0.5) is 0 Å². The number of carboxylic acid groups (broad SMARTS) is 1. The lowest BCUT2D eigenvalue weighted by Gasteiger charge is -1.99. The predicted molar refractivity (Wildman–Crippen MR) is 33.6 cm³/mol. The molecule has 0 aromatic rings. The molecule has 0 aliphatic rings. The third-order valence-corrected chi connectivity index (χ3v) is 1.05. The molecule has 0 fully saturated rings. The first-order chi connectivity index (χ1) is 4.54.